The van der Waals surface area contributed by atoms with Gasteiger partial charge in [-0.1, -0.05) is 19.3 Å². The number of ether oxygens (including phenoxy) is 1. The maximum absolute atomic E-state index is 5.93. The van der Waals surface area contributed by atoms with Crippen molar-refractivity contribution in [2.75, 3.05) is 13.2 Å². The van der Waals surface area contributed by atoms with Gasteiger partial charge in [0.1, 0.15) is 5.76 Å². The van der Waals surface area contributed by atoms with Gasteiger partial charge >= 0.3 is 0 Å². The molecule has 1 aliphatic carbocycles. The van der Waals surface area contributed by atoms with Gasteiger partial charge in [0.25, 0.3) is 0 Å². The van der Waals surface area contributed by atoms with Crippen molar-refractivity contribution in [3.8, 4) is 0 Å². The first-order valence-corrected chi connectivity index (χ1v) is 8.22. The molecule has 114 valence electrons. The minimum Gasteiger partial charge on any atom is -0.469 e. The summed E-state index contributed by atoms with van der Waals surface area (Å²) >= 11 is 0. The van der Waals surface area contributed by atoms with Crippen LogP contribution in [0.25, 0.3) is 0 Å². The summed E-state index contributed by atoms with van der Waals surface area (Å²) in [6.07, 6.45) is 12.2. The van der Waals surface area contributed by atoms with Crippen LogP contribution in [0.3, 0.4) is 0 Å². The minimum absolute atomic E-state index is 0.537. The first-order valence-electron chi connectivity index (χ1n) is 8.22. The van der Waals surface area contributed by atoms with E-state index >= 15 is 0 Å². The molecule has 20 heavy (non-hydrogen) atoms. The van der Waals surface area contributed by atoms with Gasteiger partial charge in [0.2, 0.25) is 0 Å². The molecule has 0 radical (unpaired) electrons. The molecule has 1 saturated carbocycles. The van der Waals surface area contributed by atoms with Crippen LogP contribution in [-0.4, -0.2) is 25.3 Å². The van der Waals surface area contributed by atoms with Crippen molar-refractivity contribution in [2.24, 2.45) is 0 Å². The highest BCUT2D eigenvalue weighted by Gasteiger charge is 2.13. The molecule has 0 spiro atoms. The van der Waals surface area contributed by atoms with Gasteiger partial charge in [-0.25, -0.2) is 0 Å². The van der Waals surface area contributed by atoms with Crippen molar-refractivity contribution in [1.29, 1.82) is 0 Å². The molecule has 0 bridgehead atoms. The molecule has 2 rings (SSSR count). The lowest BCUT2D eigenvalue weighted by molar-refractivity contribution is 0.0271. The topological polar surface area (TPSA) is 34.4 Å². The Morgan fingerprint density at radius 2 is 2.20 bits per heavy atom. The summed E-state index contributed by atoms with van der Waals surface area (Å²) in [5, 5.41) is 3.56. The lowest BCUT2D eigenvalue weighted by Crippen LogP contribution is -2.28. The van der Waals surface area contributed by atoms with Crippen LogP contribution in [0.5, 0.6) is 0 Å². The second kappa shape index (κ2) is 9.19. The molecule has 0 amide bonds. The fourth-order valence-corrected chi connectivity index (χ4v) is 2.82. The van der Waals surface area contributed by atoms with E-state index in [-0.39, 0.29) is 0 Å². The maximum atomic E-state index is 5.93. The zero-order chi connectivity index (χ0) is 14.0. The van der Waals surface area contributed by atoms with Crippen LogP contribution in [-0.2, 0) is 11.2 Å². The molecule has 1 atom stereocenters. The SMILES string of the molecule is CC(CCc1ccco1)NCCCOC1CCCCC1. The second-order valence-corrected chi connectivity index (χ2v) is 5.96. The quantitative estimate of drug-likeness (QED) is 0.695. The summed E-state index contributed by atoms with van der Waals surface area (Å²) in [7, 11) is 0. The van der Waals surface area contributed by atoms with Crippen LogP contribution in [0.4, 0.5) is 0 Å². The van der Waals surface area contributed by atoms with Crippen molar-refractivity contribution in [3.63, 3.8) is 0 Å². The molecule has 3 nitrogen and oxygen atoms in total. The Bertz CT molecular complexity index is 331. The molecule has 1 unspecified atom stereocenters. The highest BCUT2D eigenvalue weighted by Crippen LogP contribution is 2.20. The molecule has 1 fully saturated rings. The van der Waals surface area contributed by atoms with Gasteiger partial charge in [0, 0.05) is 19.1 Å². The number of hydrogen-bond donors (Lipinski definition) is 1. The van der Waals surface area contributed by atoms with Crippen LogP contribution < -0.4 is 5.32 Å². The van der Waals surface area contributed by atoms with Gasteiger partial charge < -0.3 is 14.5 Å². The summed E-state index contributed by atoms with van der Waals surface area (Å²) in [6.45, 7) is 4.19. The Kier molecular flexibility index (Phi) is 7.16. The maximum Gasteiger partial charge on any atom is 0.103 e. The standard InChI is InChI=1S/C17H29NO2/c1-15(10-11-17-9-5-13-19-17)18-12-6-14-20-16-7-3-2-4-8-16/h5,9,13,15-16,18H,2-4,6-8,10-12,14H2,1H3. The molecule has 1 aliphatic rings. The highest BCUT2D eigenvalue weighted by atomic mass is 16.5. The Morgan fingerprint density at radius 3 is 2.95 bits per heavy atom. The zero-order valence-corrected chi connectivity index (χ0v) is 12.8. The van der Waals surface area contributed by atoms with E-state index < -0.39 is 0 Å². The number of hydrogen-bond acceptors (Lipinski definition) is 3. The van der Waals surface area contributed by atoms with E-state index in [0.717, 1.165) is 38.2 Å². The molecule has 0 aromatic carbocycles. The molecule has 0 saturated heterocycles. The molecule has 1 aromatic heterocycles. The Labute approximate surface area is 123 Å². The van der Waals surface area contributed by atoms with Crippen molar-refractivity contribution < 1.29 is 9.15 Å². The Morgan fingerprint density at radius 1 is 1.35 bits per heavy atom. The minimum atomic E-state index is 0.537. The molecule has 1 N–H and O–H groups in total. The Hall–Kier alpha value is -0.800. The summed E-state index contributed by atoms with van der Waals surface area (Å²) in [5.74, 6) is 1.08. The molecule has 1 aromatic rings. The zero-order valence-electron chi connectivity index (χ0n) is 12.8. The van der Waals surface area contributed by atoms with Crippen LogP contribution in [0, 0.1) is 0 Å². The second-order valence-electron chi connectivity index (χ2n) is 5.96. The molecule has 1 heterocycles. The first-order chi connectivity index (χ1) is 9.84. The fourth-order valence-electron chi connectivity index (χ4n) is 2.82. The molecule has 3 heteroatoms. The van der Waals surface area contributed by atoms with Crippen molar-refractivity contribution in [2.45, 2.75) is 70.4 Å². The van der Waals surface area contributed by atoms with E-state index in [0.29, 0.717) is 12.1 Å². The monoisotopic (exact) mass is 279 g/mol. The van der Waals surface area contributed by atoms with E-state index in [1.54, 1.807) is 6.26 Å². The van der Waals surface area contributed by atoms with Crippen LogP contribution >= 0.6 is 0 Å². The fraction of sp³-hybridized carbons (Fsp3) is 0.765. The van der Waals surface area contributed by atoms with Gasteiger partial charge in [-0.15, -0.1) is 0 Å². The van der Waals surface area contributed by atoms with Gasteiger partial charge in [-0.05, 0) is 51.3 Å². The highest BCUT2D eigenvalue weighted by molar-refractivity contribution is 4.98. The summed E-state index contributed by atoms with van der Waals surface area (Å²) in [4.78, 5) is 0. The van der Waals surface area contributed by atoms with Crippen LogP contribution in [0.2, 0.25) is 0 Å². The number of aryl methyl sites for hydroxylation is 1. The van der Waals surface area contributed by atoms with Crippen LogP contribution in [0.15, 0.2) is 22.8 Å². The lowest BCUT2D eigenvalue weighted by atomic mass is 9.98. The average molecular weight is 279 g/mol. The summed E-state index contributed by atoms with van der Waals surface area (Å²) in [5.41, 5.74) is 0. The normalized spacial score (nSPS) is 18.2. The summed E-state index contributed by atoms with van der Waals surface area (Å²) in [6, 6.07) is 4.54. The third kappa shape index (κ3) is 6.10. The Balaban J connectivity index is 1.43. The number of rotatable bonds is 9. The lowest BCUT2D eigenvalue weighted by Gasteiger charge is -2.22. The average Bonchev–Trinajstić information content (AvgIpc) is 2.99. The van der Waals surface area contributed by atoms with E-state index in [4.69, 9.17) is 9.15 Å². The largest absolute Gasteiger partial charge is 0.469 e. The van der Waals surface area contributed by atoms with E-state index in [9.17, 15) is 0 Å². The van der Waals surface area contributed by atoms with E-state index in [2.05, 4.69) is 12.2 Å². The third-order valence-electron chi connectivity index (χ3n) is 4.12. The van der Waals surface area contributed by atoms with E-state index in [1.807, 2.05) is 12.1 Å². The predicted molar refractivity (Wildman–Crippen MR) is 81.9 cm³/mol. The van der Waals surface area contributed by atoms with Gasteiger partial charge in [-0.2, -0.15) is 0 Å². The van der Waals surface area contributed by atoms with Crippen molar-refractivity contribution in [1.82, 2.24) is 5.32 Å². The first kappa shape index (κ1) is 15.6. The van der Waals surface area contributed by atoms with Crippen molar-refractivity contribution >= 4 is 0 Å². The molecular weight excluding hydrogens is 250 g/mol. The molecule has 0 aliphatic heterocycles. The van der Waals surface area contributed by atoms with Crippen LogP contribution in [0.1, 0.15) is 57.6 Å². The van der Waals surface area contributed by atoms with E-state index in [1.165, 1.54) is 32.1 Å². The number of nitrogens with one attached hydrogen (secondary N) is 1. The third-order valence-corrected chi connectivity index (χ3v) is 4.12. The van der Waals surface area contributed by atoms with Gasteiger partial charge in [-0.3, -0.25) is 0 Å². The van der Waals surface area contributed by atoms with Crippen molar-refractivity contribution in [3.05, 3.63) is 24.2 Å². The molecular formula is C17H29NO2. The van der Waals surface area contributed by atoms with Gasteiger partial charge in [0.15, 0.2) is 0 Å². The predicted octanol–water partition coefficient (Wildman–Crippen LogP) is 3.93. The smallest absolute Gasteiger partial charge is 0.103 e. The number of furan rings is 1. The summed E-state index contributed by atoms with van der Waals surface area (Å²) < 4.78 is 11.3. The van der Waals surface area contributed by atoms with Gasteiger partial charge in [0.05, 0.1) is 12.4 Å².